The fourth-order valence-corrected chi connectivity index (χ4v) is 4.69. The molecule has 4 aromatic carbocycles. The third-order valence-electron chi connectivity index (χ3n) is 5.97. The van der Waals surface area contributed by atoms with Crippen molar-refractivity contribution in [2.45, 2.75) is 18.8 Å². The predicted octanol–water partition coefficient (Wildman–Crippen LogP) is 6.55. The average molecular weight is 418 g/mol. The zero-order valence-corrected chi connectivity index (χ0v) is 17.8. The van der Waals surface area contributed by atoms with Gasteiger partial charge in [-0.25, -0.2) is 4.79 Å². The number of oxime groups is 1. The first kappa shape index (κ1) is 20.0. The second-order valence-corrected chi connectivity index (χ2v) is 7.96. The van der Waals surface area contributed by atoms with E-state index in [4.69, 9.17) is 4.84 Å². The number of benzene rings is 4. The van der Waals surface area contributed by atoms with Crippen molar-refractivity contribution in [3.8, 4) is 11.1 Å². The number of carbonyl (C=O) groups is 1. The molecule has 0 saturated carbocycles. The van der Waals surface area contributed by atoms with Gasteiger partial charge in [-0.3, -0.25) is 0 Å². The Balaban J connectivity index is 1.76. The van der Waals surface area contributed by atoms with Crippen molar-refractivity contribution in [2.24, 2.45) is 5.16 Å². The van der Waals surface area contributed by atoms with Gasteiger partial charge in [0.15, 0.2) is 0 Å². The maximum Gasteiger partial charge on any atom is 0.331 e. The monoisotopic (exact) mass is 417 g/mol. The van der Waals surface area contributed by atoms with Gasteiger partial charge in [-0.15, -0.1) is 0 Å². The summed E-state index contributed by atoms with van der Waals surface area (Å²) in [5.74, 6) is -0.713. The third kappa shape index (κ3) is 3.63. The molecule has 0 atom stereocenters. The first-order chi connectivity index (χ1) is 15.7. The Hall–Kier alpha value is -3.98. The summed E-state index contributed by atoms with van der Waals surface area (Å²) in [4.78, 5) is 17.1. The van der Waals surface area contributed by atoms with E-state index < -0.39 is 5.97 Å². The van der Waals surface area contributed by atoms with Crippen molar-refractivity contribution < 1.29 is 9.63 Å². The SMILES string of the molecule is CC(=O)O/N=C(\C(c1ccccc1)c1ccccc1)C1c2ccccc2-c2ccccc21. The zero-order valence-electron chi connectivity index (χ0n) is 17.8. The highest BCUT2D eigenvalue weighted by Gasteiger charge is 2.37. The van der Waals surface area contributed by atoms with E-state index in [1.165, 1.54) is 29.2 Å². The minimum absolute atomic E-state index is 0.118. The van der Waals surface area contributed by atoms with Crippen LogP contribution in [0, 0.1) is 0 Å². The van der Waals surface area contributed by atoms with Crippen molar-refractivity contribution in [1.82, 2.24) is 0 Å². The van der Waals surface area contributed by atoms with Crippen LogP contribution < -0.4 is 0 Å². The van der Waals surface area contributed by atoms with Crippen LogP contribution in [-0.2, 0) is 9.63 Å². The van der Waals surface area contributed by atoms with Gasteiger partial charge in [0.1, 0.15) is 0 Å². The van der Waals surface area contributed by atoms with E-state index >= 15 is 0 Å². The minimum atomic E-state index is -0.429. The van der Waals surface area contributed by atoms with Crippen LogP contribution >= 0.6 is 0 Å². The first-order valence-corrected chi connectivity index (χ1v) is 10.8. The molecule has 0 saturated heterocycles. The lowest BCUT2D eigenvalue weighted by molar-refractivity contribution is -0.141. The van der Waals surface area contributed by atoms with Crippen LogP contribution in [0.4, 0.5) is 0 Å². The summed E-state index contributed by atoms with van der Waals surface area (Å²) in [6.07, 6.45) is 0. The lowest BCUT2D eigenvalue weighted by Gasteiger charge is -2.25. The Labute approximate surface area is 188 Å². The molecule has 0 radical (unpaired) electrons. The van der Waals surface area contributed by atoms with Crippen molar-refractivity contribution in [1.29, 1.82) is 0 Å². The van der Waals surface area contributed by atoms with Crippen molar-refractivity contribution in [2.75, 3.05) is 0 Å². The molecule has 0 amide bonds. The highest BCUT2D eigenvalue weighted by molar-refractivity contribution is 6.05. The molecule has 1 aliphatic rings. The van der Waals surface area contributed by atoms with Gasteiger partial charge >= 0.3 is 5.97 Å². The summed E-state index contributed by atoms with van der Waals surface area (Å²) >= 11 is 0. The summed E-state index contributed by atoms with van der Waals surface area (Å²) in [6.45, 7) is 1.39. The highest BCUT2D eigenvalue weighted by atomic mass is 16.7. The summed E-state index contributed by atoms with van der Waals surface area (Å²) < 4.78 is 0. The van der Waals surface area contributed by atoms with Crippen LogP contribution in [0.15, 0.2) is 114 Å². The molecule has 3 nitrogen and oxygen atoms in total. The summed E-state index contributed by atoms with van der Waals surface area (Å²) in [7, 11) is 0. The van der Waals surface area contributed by atoms with Crippen LogP contribution in [0.5, 0.6) is 0 Å². The fraction of sp³-hybridized carbons (Fsp3) is 0.103. The number of fused-ring (bicyclic) bond motifs is 3. The van der Waals surface area contributed by atoms with Gasteiger partial charge in [-0.05, 0) is 33.4 Å². The van der Waals surface area contributed by atoms with Crippen molar-refractivity contribution in [3.05, 3.63) is 131 Å². The normalized spacial score (nSPS) is 13.0. The Morgan fingerprint density at radius 3 is 1.59 bits per heavy atom. The molecule has 1 aliphatic carbocycles. The number of hydrogen-bond acceptors (Lipinski definition) is 3. The molecule has 5 rings (SSSR count). The molecule has 0 unspecified atom stereocenters. The van der Waals surface area contributed by atoms with Gasteiger partial charge in [0, 0.05) is 6.92 Å². The molecule has 0 heterocycles. The van der Waals surface area contributed by atoms with Gasteiger partial charge < -0.3 is 4.84 Å². The number of rotatable bonds is 5. The molecule has 156 valence electrons. The Morgan fingerprint density at radius 2 is 1.12 bits per heavy atom. The average Bonchev–Trinajstić information content (AvgIpc) is 3.17. The molecule has 0 bridgehead atoms. The quantitative estimate of drug-likeness (QED) is 0.210. The van der Waals surface area contributed by atoms with Crippen molar-refractivity contribution in [3.63, 3.8) is 0 Å². The van der Waals surface area contributed by atoms with E-state index in [1.54, 1.807) is 0 Å². The van der Waals surface area contributed by atoms with Gasteiger partial charge in [0.25, 0.3) is 0 Å². The van der Waals surface area contributed by atoms with E-state index in [2.05, 4.69) is 78.0 Å². The topological polar surface area (TPSA) is 38.7 Å². The molecule has 0 spiro atoms. The largest absolute Gasteiger partial charge is 0.331 e. The van der Waals surface area contributed by atoms with Crippen LogP contribution in [0.2, 0.25) is 0 Å². The molecule has 0 aliphatic heterocycles. The van der Waals surface area contributed by atoms with E-state index in [-0.39, 0.29) is 11.8 Å². The maximum absolute atomic E-state index is 11.8. The van der Waals surface area contributed by atoms with E-state index in [0.717, 1.165) is 16.8 Å². The van der Waals surface area contributed by atoms with Gasteiger partial charge in [0.2, 0.25) is 0 Å². The standard InChI is InChI=1S/C29H23NO2/c1-20(31)32-30-29(27(21-12-4-2-5-13-21)22-14-6-3-7-15-22)28-25-18-10-8-16-23(25)24-17-9-11-19-26(24)28/h2-19,27-28H,1H3/b30-29+. The van der Waals surface area contributed by atoms with E-state index in [1.807, 2.05) is 36.4 Å². The van der Waals surface area contributed by atoms with Crippen LogP contribution in [0.25, 0.3) is 11.1 Å². The lowest BCUT2D eigenvalue weighted by Crippen LogP contribution is -2.23. The van der Waals surface area contributed by atoms with Gasteiger partial charge in [0.05, 0.1) is 17.5 Å². The third-order valence-corrected chi connectivity index (χ3v) is 5.97. The molecule has 0 aromatic heterocycles. The van der Waals surface area contributed by atoms with Crippen molar-refractivity contribution >= 4 is 11.7 Å². The molecule has 32 heavy (non-hydrogen) atoms. The molecule has 0 fully saturated rings. The number of hydrogen-bond donors (Lipinski definition) is 0. The highest BCUT2D eigenvalue weighted by Crippen LogP contribution is 2.48. The van der Waals surface area contributed by atoms with Gasteiger partial charge in [-0.2, -0.15) is 0 Å². The Morgan fingerprint density at radius 1 is 0.688 bits per heavy atom. The molecule has 0 N–H and O–H groups in total. The first-order valence-electron chi connectivity index (χ1n) is 10.8. The molecule has 4 aromatic rings. The minimum Gasteiger partial charge on any atom is -0.319 e. The van der Waals surface area contributed by atoms with E-state index in [0.29, 0.717) is 0 Å². The second kappa shape index (κ2) is 8.64. The molecular formula is C29H23NO2. The maximum atomic E-state index is 11.8. The Kier molecular flexibility index (Phi) is 5.39. The van der Waals surface area contributed by atoms with Gasteiger partial charge in [-0.1, -0.05) is 114 Å². The smallest absolute Gasteiger partial charge is 0.319 e. The van der Waals surface area contributed by atoms with E-state index in [9.17, 15) is 4.79 Å². The summed E-state index contributed by atoms with van der Waals surface area (Å²) in [5.41, 5.74) is 7.76. The van der Waals surface area contributed by atoms with Crippen LogP contribution in [0.3, 0.4) is 0 Å². The second-order valence-electron chi connectivity index (χ2n) is 7.96. The molecule has 3 heteroatoms. The Bertz CT molecular complexity index is 1190. The number of carbonyl (C=O) groups excluding carboxylic acids is 1. The lowest BCUT2D eigenvalue weighted by atomic mass is 9.78. The van der Waals surface area contributed by atoms with Crippen LogP contribution in [-0.4, -0.2) is 11.7 Å². The zero-order chi connectivity index (χ0) is 21.9. The fourth-order valence-electron chi connectivity index (χ4n) is 4.69. The summed E-state index contributed by atoms with van der Waals surface area (Å²) in [6, 6.07) is 37.4. The predicted molar refractivity (Wildman–Crippen MR) is 128 cm³/mol. The van der Waals surface area contributed by atoms with Crippen LogP contribution in [0.1, 0.15) is 41.0 Å². The summed E-state index contributed by atoms with van der Waals surface area (Å²) in [5, 5.41) is 4.52. The number of nitrogens with zero attached hydrogens (tertiary/aromatic N) is 1. The molecular weight excluding hydrogens is 394 g/mol.